The van der Waals surface area contributed by atoms with Crippen molar-refractivity contribution in [3.05, 3.63) is 5.82 Å². The lowest BCUT2D eigenvalue weighted by Crippen LogP contribution is -2.29. The average Bonchev–Trinajstić information content (AvgIpc) is 3.33. The highest BCUT2D eigenvalue weighted by Crippen LogP contribution is 2.45. The molecule has 2 fully saturated rings. The molecule has 2 aliphatic carbocycles. The molecule has 0 unspecified atom stereocenters. The van der Waals surface area contributed by atoms with Crippen molar-refractivity contribution < 1.29 is 4.79 Å². The van der Waals surface area contributed by atoms with E-state index in [1.807, 2.05) is 0 Å². The Bertz CT molecular complexity index is 467. The minimum atomic E-state index is -0.108. The van der Waals surface area contributed by atoms with Gasteiger partial charge in [0, 0.05) is 24.1 Å². The third-order valence-corrected chi connectivity index (χ3v) is 4.52. The van der Waals surface area contributed by atoms with Gasteiger partial charge in [-0.2, -0.15) is 0 Å². The first-order chi connectivity index (χ1) is 9.29. The summed E-state index contributed by atoms with van der Waals surface area (Å²) in [4.78, 5) is 11.0. The first-order valence-corrected chi connectivity index (χ1v) is 7.85. The van der Waals surface area contributed by atoms with Crippen LogP contribution in [0.1, 0.15) is 56.3 Å². The third-order valence-electron chi connectivity index (χ3n) is 3.49. The molecule has 0 atom stereocenters. The second kappa shape index (κ2) is 5.50. The van der Waals surface area contributed by atoms with Crippen molar-refractivity contribution in [1.82, 2.24) is 20.2 Å². The van der Waals surface area contributed by atoms with Gasteiger partial charge in [-0.1, -0.05) is 11.8 Å². The van der Waals surface area contributed by atoms with Gasteiger partial charge in [0.25, 0.3) is 0 Å². The summed E-state index contributed by atoms with van der Waals surface area (Å²) in [5, 5.41) is 9.71. The Morgan fingerprint density at radius 2 is 2.16 bits per heavy atom. The van der Waals surface area contributed by atoms with Gasteiger partial charge in [-0.15, -0.1) is 10.2 Å². The maximum atomic E-state index is 11.0. The van der Waals surface area contributed by atoms with Gasteiger partial charge in [-0.05, 0) is 32.1 Å². The Morgan fingerprint density at radius 3 is 2.79 bits per heavy atom. The van der Waals surface area contributed by atoms with Gasteiger partial charge in [0.15, 0.2) is 5.16 Å². The molecule has 0 radical (unpaired) electrons. The highest BCUT2D eigenvalue weighted by Gasteiger charge is 2.36. The molecule has 1 aromatic heterocycles. The van der Waals surface area contributed by atoms with E-state index in [9.17, 15) is 4.79 Å². The molecular weight excluding hydrogens is 262 g/mol. The van der Waals surface area contributed by atoms with Crippen LogP contribution in [-0.2, 0) is 4.79 Å². The lowest BCUT2D eigenvalue weighted by Gasteiger charge is -2.07. The molecule has 19 heavy (non-hydrogen) atoms. The highest BCUT2D eigenvalue weighted by atomic mass is 32.2. The van der Waals surface area contributed by atoms with Crippen LogP contribution in [0.3, 0.4) is 0 Å². The molecule has 1 aromatic rings. The van der Waals surface area contributed by atoms with E-state index in [4.69, 9.17) is 5.84 Å². The first kappa shape index (κ1) is 12.9. The molecule has 3 N–H and O–H groups in total. The van der Waals surface area contributed by atoms with Crippen molar-refractivity contribution in [1.29, 1.82) is 0 Å². The topological polar surface area (TPSA) is 85.8 Å². The summed E-state index contributed by atoms with van der Waals surface area (Å²) in [7, 11) is 0. The smallest absolute Gasteiger partial charge is 0.233 e. The number of amides is 1. The van der Waals surface area contributed by atoms with E-state index in [-0.39, 0.29) is 5.91 Å². The monoisotopic (exact) mass is 281 g/mol. The highest BCUT2D eigenvalue weighted by molar-refractivity contribution is 7.99. The largest absolute Gasteiger partial charge is 0.303 e. The van der Waals surface area contributed by atoms with Crippen molar-refractivity contribution in [2.45, 2.75) is 55.6 Å². The zero-order chi connectivity index (χ0) is 13.2. The molecule has 2 aliphatic rings. The Balaban J connectivity index is 1.56. The molecule has 3 rings (SSSR count). The van der Waals surface area contributed by atoms with E-state index < -0.39 is 0 Å². The van der Waals surface area contributed by atoms with Gasteiger partial charge in [0.1, 0.15) is 5.82 Å². The molecule has 6 nitrogen and oxygen atoms in total. The predicted molar refractivity (Wildman–Crippen MR) is 72.6 cm³/mol. The van der Waals surface area contributed by atoms with Crippen LogP contribution in [0.5, 0.6) is 0 Å². The molecule has 104 valence electrons. The third kappa shape index (κ3) is 3.09. The Morgan fingerprint density at radius 1 is 1.37 bits per heavy atom. The summed E-state index contributed by atoms with van der Waals surface area (Å²) in [6.07, 6.45) is 6.29. The van der Waals surface area contributed by atoms with Crippen LogP contribution in [0.25, 0.3) is 0 Å². The van der Waals surface area contributed by atoms with Crippen molar-refractivity contribution in [3.8, 4) is 0 Å². The van der Waals surface area contributed by atoms with E-state index in [1.54, 1.807) is 11.8 Å². The molecular formula is C12H19N5OS. The molecule has 0 saturated heterocycles. The minimum Gasteiger partial charge on any atom is -0.303 e. The Hall–Kier alpha value is -1.08. The van der Waals surface area contributed by atoms with Gasteiger partial charge < -0.3 is 4.57 Å². The van der Waals surface area contributed by atoms with Crippen LogP contribution < -0.4 is 11.3 Å². The maximum Gasteiger partial charge on any atom is 0.233 e. The fourth-order valence-corrected chi connectivity index (χ4v) is 3.10. The molecule has 0 aromatic carbocycles. The number of aromatic nitrogens is 3. The fraction of sp³-hybridized carbons (Fsp3) is 0.750. The van der Waals surface area contributed by atoms with Crippen LogP contribution in [0.15, 0.2) is 5.16 Å². The quantitative estimate of drug-likeness (QED) is 0.259. The van der Waals surface area contributed by atoms with Crippen LogP contribution in [0.4, 0.5) is 0 Å². The standard InChI is InChI=1S/C12H19N5OS/c13-14-10(18)2-1-7-19-12-16-15-11(8-3-4-8)17(12)9-5-6-9/h8-9H,1-7,13H2,(H,14,18). The van der Waals surface area contributed by atoms with Crippen LogP contribution >= 0.6 is 11.8 Å². The number of hydrogen-bond acceptors (Lipinski definition) is 5. The van der Waals surface area contributed by atoms with E-state index in [1.165, 1.54) is 31.5 Å². The maximum absolute atomic E-state index is 11.0. The van der Waals surface area contributed by atoms with Gasteiger partial charge in [0.05, 0.1) is 0 Å². The average molecular weight is 281 g/mol. The second-order valence-electron chi connectivity index (χ2n) is 5.24. The Kier molecular flexibility index (Phi) is 3.74. The molecule has 1 amide bonds. The zero-order valence-corrected chi connectivity index (χ0v) is 11.7. The van der Waals surface area contributed by atoms with E-state index >= 15 is 0 Å². The summed E-state index contributed by atoms with van der Waals surface area (Å²) >= 11 is 1.70. The first-order valence-electron chi connectivity index (χ1n) is 6.86. The lowest BCUT2D eigenvalue weighted by molar-refractivity contribution is -0.121. The summed E-state index contributed by atoms with van der Waals surface area (Å²) in [5.74, 6) is 7.65. The molecule has 0 spiro atoms. The van der Waals surface area contributed by atoms with Crippen molar-refractivity contribution in [2.24, 2.45) is 5.84 Å². The van der Waals surface area contributed by atoms with Crippen molar-refractivity contribution in [3.63, 3.8) is 0 Å². The van der Waals surface area contributed by atoms with Crippen LogP contribution in [-0.4, -0.2) is 26.4 Å². The van der Waals surface area contributed by atoms with Gasteiger partial charge in [-0.3, -0.25) is 10.2 Å². The SMILES string of the molecule is NNC(=O)CCCSc1nnc(C2CC2)n1C1CC1. The molecule has 0 bridgehead atoms. The number of carbonyl (C=O) groups is 1. The normalized spacial score (nSPS) is 18.6. The second-order valence-corrected chi connectivity index (χ2v) is 6.30. The fourth-order valence-electron chi connectivity index (χ4n) is 2.15. The predicted octanol–water partition coefficient (Wildman–Crippen LogP) is 1.35. The number of carbonyl (C=O) groups excluding carboxylic acids is 1. The zero-order valence-electron chi connectivity index (χ0n) is 10.8. The number of nitrogens with zero attached hydrogens (tertiary/aromatic N) is 3. The molecule has 1 heterocycles. The minimum absolute atomic E-state index is 0.108. The van der Waals surface area contributed by atoms with Gasteiger partial charge >= 0.3 is 0 Å². The number of nitrogens with one attached hydrogen (secondary N) is 1. The van der Waals surface area contributed by atoms with Crippen molar-refractivity contribution >= 4 is 17.7 Å². The van der Waals surface area contributed by atoms with E-state index in [0.29, 0.717) is 18.4 Å². The molecule has 7 heteroatoms. The number of hydrogen-bond donors (Lipinski definition) is 2. The van der Waals surface area contributed by atoms with Gasteiger partial charge in [-0.25, -0.2) is 5.84 Å². The van der Waals surface area contributed by atoms with Crippen LogP contribution in [0.2, 0.25) is 0 Å². The summed E-state index contributed by atoms with van der Waals surface area (Å²) in [6, 6.07) is 0.625. The number of nitrogens with two attached hydrogens (primary N) is 1. The summed E-state index contributed by atoms with van der Waals surface area (Å²) < 4.78 is 2.34. The number of hydrazine groups is 1. The number of thioether (sulfide) groups is 1. The van der Waals surface area contributed by atoms with E-state index in [2.05, 4.69) is 20.2 Å². The molecule has 0 aliphatic heterocycles. The van der Waals surface area contributed by atoms with Gasteiger partial charge in [0.2, 0.25) is 5.91 Å². The number of rotatable bonds is 7. The molecule has 2 saturated carbocycles. The van der Waals surface area contributed by atoms with Crippen LogP contribution in [0, 0.1) is 0 Å². The van der Waals surface area contributed by atoms with Crippen molar-refractivity contribution in [2.75, 3.05) is 5.75 Å². The summed E-state index contributed by atoms with van der Waals surface area (Å²) in [5.41, 5.74) is 2.15. The van der Waals surface area contributed by atoms with E-state index in [0.717, 1.165) is 17.3 Å². The lowest BCUT2D eigenvalue weighted by atomic mass is 10.3. The Labute approximate surface area is 116 Å². The summed E-state index contributed by atoms with van der Waals surface area (Å²) in [6.45, 7) is 0.